The van der Waals surface area contributed by atoms with Crippen molar-refractivity contribution in [3.63, 3.8) is 0 Å². The van der Waals surface area contributed by atoms with Gasteiger partial charge in [-0.15, -0.1) is 0 Å². The summed E-state index contributed by atoms with van der Waals surface area (Å²) in [6.07, 6.45) is 5.86. The average molecular weight is 288 g/mol. The van der Waals surface area contributed by atoms with Crippen molar-refractivity contribution in [3.05, 3.63) is 39.8 Å². The minimum Gasteiger partial charge on any atom is -0.491 e. The van der Waals surface area contributed by atoms with Crippen LogP contribution in [-0.2, 0) is 0 Å². The molecule has 1 aliphatic heterocycles. The monoisotopic (exact) mass is 288 g/mol. The highest BCUT2D eigenvalue weighted by Crippen LogP contribution is 2.35. The number of H-pyrrole nitrogens is 1. The molecule has 1 aromatic heterocycles. The third-order valence-corrected chi connectivity index (χ3v) is 4.54. The molecule has 0 aromatic carbocycles. The van der Waals surface area contributed by atoms with Crippen LogP contribution in [0.1, 0.15) is 30.3 Å². The summed E-state index contributed by atoms with van der Waals surface area (Å²) >= 11 is 0. The zero-order valence-corrected chi connectivity index (χ0v) is 12.4. The summed E-state index contributed by atoms with van der Waals surface area (Å²) < 4.78 is 4.92. The Kier molecular flexibility index (Phi) is 3.57. The Morgan fingerprint density at radius 2 is 2.14 bits per heavy atom. The highest BCUT2D eigenvalue weighted by atomic mass is 16.5. The number of ether oxygens (including phenoxy) is 1. The van der Waals surface area contributed by atoms with Gasteiger partial charge in [0.2, 0.25) is 5.43 Å². The van der Waals surface area contributed by atoms with Crippen LogP contribution in [0.25, 0.3) is 0 Å². The van der Waals surface area contributed by atoms with E-state index in [4.69, 9.17) is 4.74 Å². The smallest absolute Gasteiger partial charge is 0.270 e. The molecule has 0 radical (unpaired) electrons. The number of amides is 1. The van der Waals surface area contributed by atoms with E-state index in [1.807, 2.05) is 4.90 Å². The normalized spacial score (nSPS) is 24.5. The second-order valence-corrected chi connectivity index (χ2v) is 6.00. The first-order chi connectivity index (χ1) is 10.1. The van der Waals surface area contributed by atoms with Gasteiger partial charge in [0.15, 0.2) is 5.75 Å². The molecule has 1 saturated heterocycles. The number of rotatable bonds is 2. The number of nitrogens with one attached hydrogen (secondary N) is 1. The first kappa shape index (κ1) is 13.9. The first-order valence-electron chi connectivity index (χ1n) is 7.30. The van der Waals surface area contributed by atoms with Gasteiger partial charge in [-0.25, -0.2) is 0 Å². The standard InChI is InChI=1S/C16H20N2O3/c1-10-3-4-11-8-18(9-12(11)5-10)16(20)13-6-14(19)15(21-2)7-17-13/h3,6-7,11-12H,4-5,8-9H2,1-2H3,(H,17,19)/t11-,12+/m1/s1. The van der Waals surface area contributed by atoms with Crippen molar-refractivity contribution in [2.75, 3.05) is 20.2 Å². The van der Waals surface area contributed by atoms with Gasteiger partial charge >= 0.3 is 0 Å². The molecule has 1 fully saturated rings. The van der Waals surface area contributed by atoms with Gasteiger partial charge in [-0.05, 0) is 31.6 Å². The summed E-state index contributed by atoms with van der Waals surface area (Å²) in [5, 5.41) is 0. The molecule has 3 rings (SSSR count). The highest BCUT2D eigenvalue weighted by Gasteiger charge is 2.36. The van der Waals surface area contributed by atoms with E-state index in [9.17, 15) is 9.59 Å². The third kappa shape index (κ3) is 2.60. The molecule has 2 aliphatic rings. The molecule has 1 aliphatic carbocycles. The van der Waals surface area contributed by atoms with Gasteiger partial charge in [0.25, 0.3) is 5.91 Å². The molecule has 0 spiro atoms. The van der Waals surface area contributed by atoms with Crippen molar-refractivity contribution in [1.82, 2.24) is 9.88 Å². The van der Waals surface area contributed by atoms with Crippen LogP contribution in [0.3, 0.4) is 0 Å². The van der Waals surface area contributed by atoms with E-state index < -0.39 is 0 Å². The molecule has 1 N–H and O–H groups in total. The van der Waals surface area contributed by atoms with Crippen LogP contribution in [0.2, 0.25) is 0 Å². The van der Waals surface area contributed by atoms with E-state index >= 15 is 0 Å². The second-order valence-electron chi connectivity index (χ2n) is 6.00. The topological polar surface area (TPSA) is 62.4 Å². The predicted octanol–water partition coefficient (Wildman–Crippen LogP) is 1.81. The molecule has 1 amide bonds. The molecular formula is C16H20N2O3. The Balaban J connectivity index is 1.75. The summed E-state index contributed by atoms with van der Waals surface area (Å²) in [6.45, 7) is 3.71. The van der Waals surface area contributed by atoms with E-state index in [1.54, 1.807) is 0 Å². The number of carbonyl (C=O) groups is 1. The van der Waals surface area contributed by atoms with Gasteiger partial charge < -0.3 is 14.6 Å². The van der Waals surface area contributed by atoms with Crippen molar-refractivity contribution in [2.24, 2.45) is 11.8 Å². The van der Waals surface area contributed by atoms with Gasteiger partial charge in [0, 0.05) is 25.4 Å². The lowest BCUT2D eigenvalue weighted by atomic mass is 9.83. The zero-order chi connectivity index (χ0) is 15.0. The number of likely N-dealkylation sites (tertiary alicyclic amines) is 1. The van der Waals surface area contributed by atoms with Crippen LogP contribution in [0.4, 0.5) is 0 Å². The van der Waals surface area contributed by atoms with Crippen LogP contribution in [0.5, 0.6) is 5.75 Å². The van der Waals surface area contributed by atoms with E-state index in [0.29, 0.717) is 17.5 Å². The SMILES string of the molecule is COc1c[nH]c(C(=O)N2C[C@H]3CC=C(C)C[C@H]3C2)cc1=O. The summed E-state index contributed by atoms with van der Waals surface area (Å²) in [5.74, 6) is 1.25. The summed E-state index contributed by atoms with van der Waals surface area (Å²) in [5.41, 5.74) is 1.49. The number of pyridine rings is 1. The van der Waals surface area contributed by atoms with E-state index in [0.717, 1.165) is 25.9 Å². The van der Waals surface area contributed by atoms with Gasteiger partial charge in [0.1, 0.15) is 5.69 Å². The fraction of sp³-hybridized carbons (Fsp3) is 0.500. The fourth-order valence-corrected chi connectivity index (χ4v) is 3.36. The largest absolute Gasteiger partial charge is 0.491 e. The molecule has 21 heavy (non-hydrogen) atoms. The third-order valence-electron chi connectivity index (χ3n) is 4.54. The van der Waals surface area contributed by atoms with Crippen molar-refractivity contribution in [1.29, 1.82) is 0 Å². The molecule has 112 valence electrons. The Labute approximate surface area is 123 Å². The molecule has 2 heterocycles. The molecule has 1 aromatic rings. The maximum absolute atomic E-state index is 12.5. The number of hydrogen-bond donors (Lipinski definition) is 1. The lowest BCUT2D eigenvalue weighted by Gasteiger charge is -2.21. The van der Waals surface area contributed by atoms with Gasteiger partial charge in [-0.1, -0.05) is 11.6 Å². The predicted molar refractivity (Wildman–Crippen MR) is 79.5 cm³/mol. The summed E-state index contributed by atoms with van der Waals surface area (Å²) in [6, 6.07) is 1.33. The molecule has 5 heteroatoms. The zero-order valence-electron chi connectivity index (χ0n) is 12.4. The molecule has 0 unspecified atom stereocenters. The summed E-state index contributed by atoms with van der Waals surface area (Å²) in [7, 11) is 1.44. The lowest BCUT2D eigenvalue weighted by Crippen LogP contribution is -2.30. The van der Waals surface area contributed by atoms with Crippen LogP contribution in [0.15, 0.2) is 28.7 Å². The highest BCUT2D eigenvalue weighted by molar-refractivity contribution is 5.92. The molecular weight excluding hydrogens is 268 g/mol. The second kappa shape index (κ2) is 5.39. The average Bonchev–Trinajstić information content (AvgIpc) is 2.89. The number of nitrogens with zero attached hydrogens (tertiary/aromatic N) is 1. The number of aromatic nitrogens is 1. The van der Waals surface area contributed by atoms with Crippen LogP contribution in [0, 0.1) is 11.8 Å². The van der Waals surface area contributed by atoms with Gasteiger partial charge in [-0.2, -0.15) is 0 Å². The van der Waals surface area contributed by atoms with Gasteiger partial charge in [-0.3, -0.25) is 9.59 Å². The number of aromatic amines is 1. The molecule has 0 bridgehead atoms. The Morgan fingerprint density at radius 1 is 1.38 bits per heavy atom. The van der Waals surface area contributed by atoms with E-state index in [2.05, 4.69) is 18.0 Å². The summed E-state index contributed by atoms with van der Waals surface area (Å²) in [4.78, 5) is 29.0. The quantitative estimate of drug-likeness (QED) is 0.844. The minimum absolute atomic E-state index is 0.0955. The fourth-order valence-electron chi connectivity index (χ4n) is 3.36. The van der Waals surface area contributed by atoms with Crippen molar-refractivity contribution in [3.8, 4) is 5.75 Å². The van der Waals surface area contributed by atoms with E-state index in [-0.39, 0.29) is 17.1 Å². The van der Waals surface area contributed by atoms with E-state index in [1.165, 1.54) is 24.9 Å². The number of fused-ring (bicyclic) bond motifs is 1. The minimum atomic E-state index is -0.270. The Bertz CT molecular complexity index is 647. The van der Waals surface area contributed by atoms with Crippen LogP contribution >= 0.6 is 0 Å². The number of methoxy groups -OCH3 is 1. The van der Waals surface area contributed by atoms with Crippen LogP contribution < -0.4 is 10.2 Å². The first-order valence-corrected chi connectivity index (χ1v) is 7.30. The molecule has 5 nitrogen and oxygen atoms in total. The van der Waals surface area contributed by atoms with Gasteiger partial charge in [0.05, 0.1) is 7.11 Å². The lowest BCUT2D eigenvalue weighted by molar-refractivity contribution is 0.0778. The molecule has 2 atom stereocenters. The maximum atomic E-state index is 12.5. The van der Waals surface area contributed by atoms with Crippen molar-refractivity contribution < 1.29 is 9.53 Å². The maximum Gasteiger partial charge on any atom is 0.270 e. The van der Waals surface area contributed by atoms with Crippen LogP contribution in [-0.4, -0.2) is 36.0 Å². The van der Waals surface area contributed by atoms with Crippen molar-refractivity contribution in [2.45, 2.75) is 19.8 Å². The number of carbonyl (C=O) groups excluding carboxylic acids is 1. The van der Waals surface area contributed by atoms with Crippen molar-refractivity contribution >= 4 is 5.91 Å². The molecule has 0 saturated carbocycles. The Morgan fingerprint density at radius 3 is 2.86 bits per heavy atom. The Hall–Kier alpha value is -2.04. The number of allylic oxidation sites excluding steroid dienone is 2. The number of hydrogen-bond acceptors (Lipinski definition) is 3.